The molecule has 1 heterocycles. The predicted molar refractivity (Wildman–Crippen MR) is 145 cm³/mol. The third-order valence-electron chi connectivity index (χ3n) is 6.97. The summed E-state index contributed by atoms with van der Waals surface area (Å²) in [6.45, 7) is 4.42. The van der Waals surface area contributed by atoms with Gasteiger partial charge in [0.25, 0.3) is 5.92 Å². The summed E-state index contributed by atoms with van der Waals surface area (Å²) in [4.78, 5) is 25.5. The number of hydrogen-bond donors (Lipinski definition) is 1. The normalized spacial score (nSPS) is 13.2. The van der Waals surface area contributed by atoms with Crippen LogP contribution in [0.4, 0.5) is 14.5 Å². The smallest absolute Gasteiger partial charge is 0.270 e. The number of halogens is 2. The van der Waals surface area contributed by atoms with Crippen molar-refractivity contribution in [1.29, 1.82) is 0 Å². The molecule has 0 bridgehead atoms. The number of rotatable bonds is 9. The van der Waals surface area contributed by atoms with E-state index in [1.165, 1.54) is 18.6 Å². The van der Waals surface area contributed by atoms with E-state index in [0.717, 1.165) is 68.1 Å². The first-order chi connectivity index (χ1) is 17.7. The quantitative estimate of drug-likeness (QED) is 0.324. The maximum absolute atomic E-state index is 12.7. The molecular formula is C30H37F2N3O2. The van der Waals surface area contributed by atoms with Crippen LogP contribution in [0.3, 0.4) is 0 Å². The number of nitrogens with one attached hydrogen (secondary N) is 1. The van der Waals surface area contributed by atoms with E-state index in [1.54, 1.807) is 19.2 Å². The zero-order valence-corrected chi connectivity index (χ0v) is 22.1. The summed E-state index contributed by atoms with van der Waals surface area (Å²) in [5, 5.41) is 2.81. The lowest BCUT2D eigenvalue weighted by molar-refractivity contribution is -0.136. The number of aromatic nitrogens is 1. The number of anilines is 1. The van der Waals surface area contributed by atoms with Crippen LogP contribution in [0.2, 0.25) is 0 Å². The predicted octanol–water partition coefficient (Wildman–Crippen LogP) is 6.76. The Morgan fingerprint density at radius 3 is 2.41 bits per heavy atom. The first kappa shape index (κ1) is 28.1. The van der Waals surface area contributed by atoms with Crippen molar-refractivity contribution >= 4 is 17.9 Å². The first-order valence-electron chi connectivity index (χ1n) is 12.8. The zero-order chi connectivity index (χ0) is 27.0. The molecule has 1 amide bonds. The van der Waals surface area contributed by atoms with Gasteiger partial charge in [-0.1, -0.05) is 48.9 Å². The topological polar surface area (TPSA) is 54.3 Å². The van der Waals surface area contributed by atoms with E-state index in [9.17, 15) is 18.4 Å². The fourth-order valence-corrected chi connectivity index (χ4v) is 4.41. The van der Waals surface area contributed by atoms with Crippen LogP contribution in [0.15, 0.2) is 60.7 Å². The molecule has 5 nitrogen and oxygen atoms in total. The average molecular weight is 510 g/mol. The second kappa shape index (κ2) is 12.7. The van der Waals surface area contributed by atoms with Crippen LogP contribution < -0.4 is 5.32 Å². The van der Waals surface area contributed by atoms with Crippen molar-refractivity contribution in [2.75, 3.05) is 26.0 Å². The number of amides is 1. The lowest BCUT2D eigenvalue weighted by Gasteiger charge is -2.29. The van der Waals surface area contributed by atoms with Crippen LogP contribution >= 0.6 is 0 Å². The number of carbonyl (C=O) groups excluding carboxylic acids is 2. The van der Waals surface area contributed by atoms with Gasteiger partial charge < -0.3 is 14.8 Å². The molecule has 0 unspecified atom stereocenters. The Kier molecular flexibility index (Phi) is 9.61. The van der Waals surface area contributed by atoms with Crippen molar-refractivity contribution in [1.82, 2.24) is 9.47 Å². The van der Waals surface area contributed by atoms with Gasteiger partial charge in [-0.05, 0) is 49.9 Å². The van der Waals surface area contributed by atoms with Crippen LogP contribution in [0.1, 0.15) is 54.2 Å². The Morgan fingerprint density at radius 2 is 1.84 bits per heavy atom. The van der Waals surface area contributed by atoms with Gasteiger partial charge in [0, 0.05) is 68.2 Å². The molecule has 198 valence electrons. The van der Waals surface area contributed by atoms with Crippen LogP contribution in [0.25, 0.3) is 11.3 Å². The minimum atomic E-state index is -2.76. The van der Waals surface area contributed by atoms with Crippen LogP contribution in [-0.2, 0) is 17.3 Å². The summed E-state index contributed by atoms with van der Waals surface area (Å²) >= 11 is 0. The molecule has 1 aliphatic carbocycles. The summed E-state index contributed by atoms with van der Waals surface area (Å²) < 4.78 is 27.7. The van der Waals surface area contributed by atoms with Crippen molar-refractivity contribution < 1.29 is 18.4 Å². The zero-order valence-electron chi connectivity index (χ0n) is 22.1. The van der Waals surface area contributed by atoms with E-state index in [-0.39, 0.29) is 17.4 Å². The Labute approximate surface area is 218 Å². The SMILES string of the molecule is CNc1cccc(C(C)(F)F)c1.Cc1c(C=O)cc(-c2ccccc2)n1CCCN(C)C(=O)C1CCC1. The van der Waals surface area contributed by atoms with E-state index in [0.29, 0.717) is 5.69 Å². The van der Waals surface area contributed by atoms with Crippen LogP contribution in [-0.4, -0.2) is 42.3 Å². The molecule has 1 fully saturated rings. The number of alkyl halides is 2. The highest BCUT2D eigenvalue weighted by Crippen LogP contribution is 2.29. The minimum absolute atomic E-state index is 0.0364. The second-order valence-electron chi connectivity index (χ2n) is 9.67. The summed E-state index contributed by atoms with van der Waals surface area (Å²) in [6, 6.07) is 18.3. The Bertz CT molecular complexity index is 1180. The second-order valence-corrected chi connectivity index (χ2v) is 9.67. The highest BCUT2D eigenvalue weighted by atomic mass is 19.3. The van der Waals surface area contributed by atoms with Gasteiger partial charge in [0.1, 0.15) is 0 Å². The van der Waals surface area contributed by atoms with Gasteiger partial charge in [-0.25, -0.2) is 8.78 Å². The van der Waals surface area contributed by atoms with Gasteiger partial charge >= 0.3 is 0 Å². The number of hydrogen-bond acceptors (Lipinski definition) is 3. The Hall–Kier alpha value is -3.48. The molecular weight excluding hydrogens is 472 g/mol. The van der Waals surface area contributed by atoms with E-state index >= 15 is 0 Å². The molecule has 0 saturated heterocycles. The largest absolute Gasteiger partial charge is 0.388 e. The highest BCUT2D eigenvalue weighted by molar-refractivity contribution is 5.81. The molecule has 7 heteroatoms. The van der Waals surface area contributed by atoms with Gasteiger partial charge in [0.05, 0.1) is 0 Å². The van der Waals surface area contributed by atoms with Gasteiger partial charge in [0.2, 0.25) is 5.91 Å². The molecule has 1 saturated carbocycles. The fourth-order valence-electron chi connectivity index (χ4n) is 4.41. The number of carbonyl (C=O) groups is 2. The van der Waals surface area contributed by atoms with E-state index in [4.69, 9.17) is 0 Å². The van der Waals surface area contributed by atoms with E-state index < -0.39 is 5.92 Å². The van der Waals surface area contributed by atoms with Gasteiger partial charge in [-0.3, -0.25) is 9.59 Å². The lowest BCUT2D eigenvalue weighted by atomic mass is 9.84. The molecule has 1 aliphatic rings. The number of aldehydes is 1. The average Bonchev–Trinajstić information content (AvgIpc) is 3.18. The standard InChI is InChI=1S/C21H26N2O2.C9H11F2N/c1-16-19(15-24)14-20(17-8-4-3-5-9-17)23(16)13-7-12-22(2)21(25)18-10-6-11-18;1-9(10,11)7-4-3-5-8(6-7)12-2/h3-5,8-9,14-15,18H,6-7,10-13H2,1-2H3;3-6,12H,1-2H3. The fraction of sp³-hybridized carbons (Fsp3) is 0.400. The van der Waals surface area contributed by atoms with Crippen LogP contribution in [0.5, 0.6) is 0 Å². The number of benzene rings is 2. The van der Waals surface area contributed by atoms with E-state index in [2.05, 4.69) is 22.0 Å². The Balaban J connectivity index is 0.000000266. The third kappa shape index (κ3) is 7.28. The van der Waals surface area contributed by atoms with Crippen LogP contribution in [0, 0.1) is 12.8 Å². The molecule has 3 aromatic rings. The summed E-state index contributed by atoms with van der Waals surface area (Å²) in [5.74, 6) is -2.22. The molecule has 4 rings (SSSR count). The molecule has 1 N–H and O–H groups in total. The van der Waals surface area contributed by atoms with Crippen molar-refractivity contribution in [3.63, 3.8) is 0 Å². The van der Waals surface area contributed by atoms with Gasteiger partial charge in [-0.15, -0.1) is 0 Å². The lowest BCUT2D eigenvalue weighted by Crippen LogP contribution is -2.37. The first-order valence-corrected chi connectivity index (χ1v) is 12.8. The highest BCUT2D eigenvalue weighted by Gasteiger charge is 2.27. The molecule has 0 aliphatic heterocycles. The molecule has 0 spiro atoms. The maximum Gasteiger partial charge on any atom is 0.270 e. The Morgan fingerprint density at radius 1 is 1.14 bits per heavy atom. The van der Waals surface area contributed by atoms with E-state index in [1.807, 2.05) is 43.1 Å². The van der Waals surface area contributed by atoms with Gasteiger partial charge in [-0.2, -0.15) is 0 Å². The third-order valence-corrected chi connectivity index (χ3v) is 6.97. The van der Waals surface area contributed by atoms with Gasteiger partial charge in [0.15, 0.2) is 6.29 Å². The summed E-state index contributed by atoms with van der Waals surface area (Å²) in [7, 11) is 3.60. The molecule has 0 atom stereocenters. The molecule has 37 heavy (non-hydrogen) atoms. The van der Waals surface area contributed by atoms with Crippen molar-refractivity contribution in [3.8, 4) is 11.3 Å². The summed E-state index contributed by atoms with van der Waals surface area (Å²) in [5.41, 5.74) is 4.63. The van der Waals surface area contributed by atoms with Crippen molar-refractivity contribution in [2.24, 2.45) is 5.92 Å². The number of nitrogens with zero attached hydrogens (tertiary/aromatic N) is 2. The van der Waals surface area contributed by atoms with Crippen molar-refractivity contribution in [3.05, 3.63) is 77.5 Å². The molecule has 1 aromatic heterocycles. The maximum atomic E-state index is 12.7. The molecule has 2 aromatic carbocycles. The van der Waals surface area contributed by atoms with Crippen molar-refractivity contribution in [2.45, 2.75) is 52.0 Å². The summed E-state index contributed by atoms with van der Waals surface area (Å²) in [6.07, 6.45) is 5.07. The minimum Gasteiger partial charge on any atom is -0.388 e. The molecule has 0 radical (unpaired) electrons. The monoisotopic (exact) mass is 509 g/mol.